The minimum absolute atomic E-state index is 0.194. The number of amides is 1. The predicted octanol–water partition coefficient (Wildman–Crippen LogP) is 0.117. The van der Waals surface area contributed by atoms with Gasteiger partial charge in [0, 0.05) is 19.7 Å². The topological polar surface area (TPSA) is 75.8 Å². The second-order valence-corrected chi connectivity index (χ2v) is 3.46. The fourth-order valence-corrected chi connectivity index (χ4v) is 1.37. The zero-order chi connectivity index (χ0) is 13.0. The average molecular weight is 242 g/mol. The van der Waals surface area contributed by atoms with Gasteiger partial charge in [0.1, 0.15) is 17.7 Å². The molecule has 5 nitrogen and oxygen atoms in total. The first-order chi connectivity index (χ1) is 8.01. The Morgan fingerprint density at radius 3 is 2.82 bits per heavy atom. The number of methoxy groups -OCH3 is 1. The van der Waals surface area contributed by atoms with Crippen molar-refractivity contribution in [1.29, 1.82) is 0 Å². The van der Waals surface area contributed by atoms with Crippen LogP contribution in [0, 0.1) is 5.82 Å². The number of likely N-dealkylation sites (N-methyl/N-ethyl adjacent to an activating group) is 1. The second-order valence-electron chi connectivity index (χ2n) is 3.46. The fourth-order valence-electron chi connectivity index (χ4n) is 1.37. The number of aliphatic hydroxyl groups excluding tert-OH is 1. The molecule has 0 bridgehead atoms. The molecule has 1 rings (SSSR count). The maximum Gasteiger partial charge on any atom is 0.256 e. The summed E-state index contributed by atoms with van der Waals surface area (Å²) in [5, 5.41) is 9.34. The lowest BCUT2D eigenvalue weighted by Gasteiger charge is -2.22. The molecule has 0 radical (unpaired) electrons. The molecule has 0 saturated carbocycles. The van der Waals surface area contributed by atoms with Crippen LogP contribution >= 0.6 is 0 Å². The van der Waals surface area contributed by atoms with E-state index in [2.05, 4.69) is 0 Å². The molecule has 0 fully saturated rings. The van der Waals surface area contributed by atoms with Gasteiger partial charge in [-0.1, -0.05) is 0 Å². The number of carbonyl (C=O) groups excluding carboxylic acids is 1. The number of benzene rings is 1. The number of hydrogen-bond acceptors (Lipinski definition) is 4. The minimum Gasteiger partial charge on any atom is -0.495 e. The quantitative estimate of drug-likeness (QED) is 0.786. The van der Waals surface area contributed by atoms with E-state index >= 15 is 0 Å². The molecule has 0 aromatic heterocycles. The van der Waals surface area contributed by atoms with Gasteiger partial charge in [-0.3, -0.25) is 4.79 Å². The van der Waals surface area contributed by atoms with Gasteiger partial charge in [-0.25, -0.2) is 4.39 Å². The lowest BCUT2D eigenvalue weighted by Crippen LogP contribution is -2.40. The molecule has 1 amide bonds. The summed E-state index contributed by atoms with van der Waals surface area (Å²) in [4.78, 5) is 12.8. The van der Waals surface area contributed by atoms with E-state index in [4.69, 9.17) is 10.5 Å². The fraction of sp³-hybridized carbons (Fsp3) is 0.364. The summed E-state index contributed by atoms with van der Waals surface area (Å²) >= 11 is 0. The summed E-state index contributed by atoms with van der Waals surface area (Å²) in [5.41, 5.74) is 5.43. The van der Waals surface area contributed by atoms with Crippen molar-refractivity contribution >= 4 is 11.6 Å². The van der Waals surface area contributed by atoms with Gasteiger partial charge >= 0.3 is 0 Å². The first kappa shape index (κ1) is 13.4. The standard InChI is InChI=1S/C11H15FN2O3/c1-14(11(16)9(15)6-13)8-5-7(12)3-4-10(8)17-2/h3-5,9,15H,6,13H2,1-2H3. The Bertz CT molecular complexity index is 412. The minimum atomic E-state index is -1.31. The maximum absolute atomic E-state index is 13.1. The molecule has 1 atom stereocenters. The molecule has 3 N–H and O–H groups in total. The van der Waals surface area contributed by atoms with Crippen LogP contribution in [0.4, 0.5) is 10.1 Å². The Labute approximate surface area is 98.6 Å². The number of carbonyl (C=O) groups is 1. The van der Waals surface area contributed by atoms with E-state index in [-0.39, 0.29) is 12.2 Å². The van der Waals surface area contributed by atoms with Crippen molar-refractivity contribution in [2.45, 2.75) is 6.10 Å². The number of aliphatic hydroxyl groups is 1. The van der Waals surface area contributed by atoms with Crippen LogP contribution < -0.4 is 15.4 Å². The number of nitrogens with zero attached hydrogens (tertiary/aromatic N) is 1. The van der Waals surface area contributed by atoms with Crippen molar-refractivity contribution in [3.63, 3.8) is 0 Å². The van der Waals surface area contributed by atoms with Crippen molar-refractivity contribution in [2.75, 3.05) is 25.6 Å². The van der Waals surface area contributed by atoms with Crippen molar-refractivity contribution in [3.05, 3.63) is 24.0 Å². The Balaban J connectivity index is 3.06. The molecule has 0 aliphatic rings. The number of hydrogen-bond donors (Lipinski definition) is 2. The molecule has 1 aromatic carbocycles. The van der Waals surface area contributed by atoms with Gasteiger partial charge in [0.25, 0.3) is 5.91 Å². The molecule has 1 unspecified atom stereocenters. The maximum atomic E-state index is 13.1. The Morgan fingerprint density at radius 2 is 2.29 bits per heavy atom. The number of halogens is 1. The van der Waals surface area contributed by atoms with Crippen LogP contribution in [-0.2, 0) is 4.79 Å². The molecular weight excluding hydrogens is 227 g/mol. The zero-order valence-electron chi connectivity index (χ0n) is 9.68. The van der Waals surface area contributed by atoms with E-state index in [1.165, 1.54) is 26.3 Å². The molecule has 6 heteroatoms. The molecule has 0 aliphatic heterocycles. The van der Waals surface area contributed by atoms with Crippen LogP contribution in [0.3, 0.4) is 0 Å². The van der Waals surface area contributed by atoms with Gasteiger partial charge in [0.2, 0.25) is 0 Å². The van der Waals surface area contributed by atoms with Crippen LogP contribution in [0.2, 0.25) is 0 Å². The van der Waals surface area contributed by atoms with E-state index < -0.39 is 17.8 Å². The lowest BCUT2D eigenvalue weighted by molar-refractivity contribution is -0.125. The van der Waals surface area contributed by atoms with Gasteiger partial charge in [-0.2, -0.15) is 0 Å². The second kappa shape index (κ2) is 5.60. The highest BCUT2D eigenvalue weighted by molar-refractivity contribution is 5.97. The number of rotatable bonds is 4. The first-order valence-corrected chi connectivity index (χ1v) is 5.00. The van der Waals surface area contributed by atoms with E-state index in [9.17, 15) is 14.3 Å². The molecular formula is C11H15FN2O3. The summed E-state index contributed by atoms with van der Waals surface area (Å²) in [6, 6.07) is 3.78. The molecule has 0 heterocycles. The van der Waals surface area contributed by atoms with Crippen LogP contribution in [0.25, 0.3) is 0 Å². The van der Waals surface area contributed by atoms with E-state index in [1.54, 1.807) is 0 Å². The smallest absolute Gasteiger partial charge is 0.256 e. The SMILES string of the molecule is COc1ccc(F)cc1N(C)C(=O)C(O)CN. The third-order valence-corrected chi connectivity index (χ3v) is 2.34. The Morgan fingerprint density at radius 1 is 1.65 bits per heavy atom. The average Bonchev–Trinajstić information content (AvgIpc) is 2.35. The van der Waals surface area contributed by atoms with Crippen molar-refractivity contribution in [1.82, 2.24) is 0 Å². The van der Waals surface area contributed by atoms with Gasteiger partial charge in [-0.05, 0) is 12.1 Å². The highest BCUT2D eigenvalue weighted by atomic mass is 19.1. The third kappa shape index (κ3) is 2.92. The molecule has 1 aromatic rings. The van der Waals surface area contributed by atoms with E-state index in [1.807, 2.05) is 0 Å². The lowest BCUT2D eigenvalue weighted by atomic mass is 10.2. The normalized spacial score (nSPS) is 12.1. The summed E-state index contributed by atoms with van der Waals surface area (Å²) < 4.78 is 18.1. The summed E-state index contributed by atoms with van der Waals surface area (Å²) in [5.74, 6) is -0.773. The zero-order valence-corrected chi connectivity index (χ0v) is 9.68. The number of anilines is 1. The highest BCUT2D eigenvalue weighted by Crippen LogP contribution is 2.28. The number of ether oxygens (including phenoxy) is 1. The van der Waals surface area contributed by atoms with Crippen molar-refractivity contribution in [2.24, 2.45) is 5.73 Å². The molecule has 0 spiro atoms. The van der Waals surface area contributed by atoms with Crippen LogP contribution in [0.15, 0.2) is 18.2 Å². The molecule has 0 aliphatic carbocycles. The third-order valence-electron chi connectivity index (χ3n) is 2.34. The molecule has 17 heavy (non-hydrogen) atoms. The van der Waals surface area contributed by atoms with Gasteiger partial charge in [0.05, 0.1) is 12.8 Å². The van der Waals surface area contributed by atoms with Gasteiger partial charge in [0.15, 0.2) is 0 Å². The summed E-state index contributed by atoms with van der Waals surface area (Å²) in [6.45, 7) is -0.194. The van der Waals surface area contributed by atoms with Crippen molar-refractivity contribution < 1.29 is 19.0 Å². The van der Waals surface area contributed by atoms with Gasteiger partial charge < -0.3 is 20.5 Å². The van der Waals surface area contributed by atoms with E-state index in [0.29, 0.717) is 5.75 Å². The van der Waals surface area contributed by atoms with Crippen LogP contribution in [0.1, 0.15) is 0 Å². The van der Waals surface area contributed by atoms with Crippen LogP contribution in [0.5, 0.6) is 5.75 Å². The predicted molar refractivity (Wildman–Crippen MR) is 61.4 cm³/mol. The van der Waals surface area contributed by atoms with Crippen molar-refractivity contribution in [3.8, 4) is 5.75 Å². The Hall–Kier alpha value is -1.66. The summed E-state index contributed by atoms with van der Waals surface area (Å²) in [6.07, 6.45) is -1.31. The molecule has 94 valence electrons. The number of nitrogens with two attached hydrogens (primary N) is 1. The first-order valence-electron chi connectivity index (χ1n) is 5.00. The monoisotopic (exact) mass is 242 g/mol. The molecule has 0 saturated heterocycles. The highest BCUT2D eigenvalue weighted by Gasteiger charge is 2.21. The van der Waals surface area contributed by atoms with Gasteiger partial charge in [-0.15, -0.1) is 0 Å². The summed E-state index contributed by atoms with van der Waals surface area (Å²) in [7, 11) is 2.83. The Kier molecular flexibility index (Phi) is 4.42. The largest absolute Gasteiger partial charge is 0.495 e. The van der Waals surface area contributed by atoms with Crippen LogP contribution in [-0.4, -0.2) is 37.8 Å². The van der Waals surface area contributed by atoms with E-state index in [0.717, 1.165) is 11.0 Å².